The van der Waals surface area contributed by atoms with Crippen molar-refractivity contribution >= 4 is 39.2 Å². The Kier molecular flexibility index (Phi) is 6.71. The third-order valence-corrected chi connectivity index (χ3v) is 6.92. The Balaban J connectivity index is 1.79. The maximum atomic E-state index is 12.1. The summed E-state index contributed by atoms with van der Waals surface area (Å²) in [5.74, 6) is -0.228. The van der Waals surface area contributed by atoms with E-state index in [9.17, 15) is 18.0 Å². The molecule has 0 unspecified atom stereocenters. The second-order valence-electron chi connectivity index (χ2n) is 5.66. The largest absolute Gasteiger partial charge is 0.495 e. The summed E-state index contributed by atoms with van der Waals surface area (Å²) in [5, 5.41) is 2.56. The number of rotatable bonds is 7. The highest BCUT2D eigenvalue weighted by Gasteiger charge is 2.29. The number of sulfone groups is 1. The van der Waals surface area contributed by atoms with Crippen molar-refractivity contribution in [1.82, 2.24) is 0 Å². The predicted molar refractivity (Wildman–Crippen MR) is 96.7 cm³/mol. The summed E-state index contributed by atoms with van der Waals surface area (Å²) >= 11 is 1.25. The standard InChI is InChI=1S/C16H21NO6S2/c1-11(16(19)17-13-5-3-4-6-14(13)22-2)23-15(18)9-24-12-7-8-25(20,21)10-12/h3-6,11-12H,7-10H2,1-2H3,(H,17,19)/t11-,12-/m1/s1. The van der Waals surface area contributed by atoms with E-state index in [0.717, 1.165) is 0 Å². The number of anilines is 1. The molecule has 1 aromatic carbocycles. The van der Waals surface area contributed by atoms with Crippen LogP contribution >= 0.6 is 11.8 Å². The molecule has 1 saturated heterocycles. The highest BCUT2D eigenvalue weighted by molar-refractivity contribution is 8.02. The lowest BCUT2D eigenvalue weighted by Crippen LogP contribution is -2.30. The summed E-state index contributed by atoms with van der Waals surface area (Å²) in [4.78, 5) is 24.0. The van der Waals surface area contributed by atoms with Crippen LogP contribution in [0.3, 0.4) is 0 Å². The van der Waals surface area contributed by atoms with Gasteiger partial charge in [-0.1, -0.05) is 12.1 Å². The number of benzene rings is 1. The van der Waals surface area contributed by atoms with E-state index in [1.165, 1.54) is 25.8 Å². The molecule has 0 bridgehead atoms. The first-order valence-electron chi connectivity index (χ1n) is 7.76. The lowest BCUT2D eigenvalue weighted by atomic mass is 10.2. The van der Waals surface area contributed by atoms with Gasteiger partial charge in [0.05, 0.1) is 30.1 Å². The summed E-state index contributed by atoms with van der Waals surface area (Å²) < 4.78 is 33.0. The number of carbonyl (C=O) groups excluding carboxylic acids is 2. The molecule has 1 aromatic rings. The lowest BCUT2D eigenvalue weighted by Gasteiger charge is -2.15. The molecule has 1 aliphatic heterocycles. The Bertz CT molecular complexity index is 734. The molecule has 1 N–H and O–H groups in total. The van der Waals surface area contributed by atoms with E-state index in [1.807, 2.05) is 0 Å². The van der Waals surface area contributed by atoms with Crippen molar-refractivity contribution in [2.24, 2.45) is 0 Å². The van der Waals surface area contributed by atoms with Gasteiger partial charge < -0.3 is 14.8 Å². The molecule has 1 heterocycles. The molecule has 7 nitrogen and oxygen atoms in total. The molecule has 0 spiro atoms. The number of nitrogens with one attached hydrogen (secondary N) is 1. The van der Waals surface area contributed by atoms with E-state index < -0.39 is 27.8 Å². The van der Waals surface area contributed by atoms with Crippen LogP contribution in [0.15, 0.2) is 24.3 Å². The van der Waals surface area contributed by atoms with Gasteiger partial charge in [-0.15, -0.1) is 11.8 Å². The molecular formula is C16H21NO6S2. The molecule has 2 atom stereocenters. The fourth-order valence-electron chi connectivity index (χ4n) is 2.35. The molecule has 0 saturated carbocycles. The summed E-state index contributed by atoms with van der Waals surface area (Å²) in [6.45, 7) is 1.48. The highest BCUT2D eigenvalue weighted by Crippen LogP contribution is 2.25. The number of hydrogen-bond donors (Lipinski definition) is 1. The normalized spacial score (nSPS) is 19.8. The van der Waals surface area contributed by atoms with Crippen LogP contribution in [0.1, 0.15) is 13.3 Å². The van der Waals surface area contributed by atoms with Crippen LogP contribution in [-0.2, 0) is 24.2 Å². The molecule has 0 aliphatic carbocycles. The first-order chi connectivity index (χ1) is 11.8. The van der Waals surface area contributed by atoms with Crippen LogP contribution in [0.5, 0.6) is 5.75 Å². The number of methoxy groups -OCH3 is 1. The van der Waals surface area contributed by atoms with Crippen molar-refractivity contribution in [2.75, 3.05) is 29.7 Å². The Morgan fingerprint density at radius 3 is 2.72 bits per heavy atom. The highest BCUT2D eigenvalue weighted by atomic mass is 32.2. The van der Waals surface area contributed by atoms with Gasteiger partial charge in [-0.05, 0) is 25.5 Å². The van der Waals surface area contributed by atoms with E-state index >= 15 is 0 Å². The molecule has 9 heteroatoms. The average Bonchev–Trinajstić information content (AvgIpc) is 2.92. The summed E-state index contributed by atoms with van der Waals surface area (Å²) in [6.07, 6.45) is -0.422. The zero-order valence-electron chi connectivity index (χ0n) is 14.1. The minimum atomic E-state index is -2.97. The Morgan fingerprint density at radius 2 is 2.08 bits per heavy atom. The van der Waals surface area contributed by atoms with Gasteiger partial charge in [0.1, 0.15) is 5.75 Å². The fourth-order valence-corrected chi connectivity index (χ4v) is 5.77. The number of thioether (sulfide) groups is 1. The maximum absolute atomic E-state index is 12.1. The lowest BCUT2D eigenvalue weighted by molar-refractivity contribution is -0.150. The van der Waals surface area contributed by atoms with Crippen molar-refractivity contribution in [1.29, 1.82) is 0 Å². The second-order valence-corrected chi connectivity index (χ2v) is 9.18. The van der Waals surface area contributed by atoms with E-state index in [4.69, 9.17) is 9.47 Å². The van der Waals surface area contributed by atoms with Gasteiger partial charge in [0, 0.05) is 5.25 Å². The molecular weight excluding hydrogens is 366 g/mol. The monoisotopic (exact) mass is 387 g/mol. The Morgan fingerprint density at radius 1 is 1.36 bits per heavy atom. The summed E-state index contributed by atoms with van der Waals surface area (Å²) in [6, 6.07) is 6.92. The third kappa shape index (κ3) is 5.93. The zero-order valence-corrected chi connectivity index (χ0v) is 15.7. The van der Waals surface area contributed by atoms with E-state index in [2.05, 4.69) is 5.32 Å². The number of para-hydroxylation sites is 2. The molecule has 1 aliphatic rings. The quantitative estimate of drug-likeness (QED) is 0.708. The Labute approximate surface area is 151 Å². The summed E-state index contributed by atoms with van der Waals surface area (Å²) in [7, 11) is -1.48. The number of amides is 1. The van der Waals surface area contributed by atoms with Gasteiger partial charge >= 0.3 is 5.97 Å². The van der Waals surface area contributed by atoms with Crippen molar-refractivity contribution in [3.63, 3.8) is 0 Å². The van der Waals surface area contributed by atoms with E-state index in [-0.39, 0.29) is 22.5 Å². The van der Waals surface area contributed by atoms with Crippen LogP contribution in [0.2, 0.25) is 0 Å². The van der Waals surface area contributed by atoms with Crippen molar-refractivity contribution in [2.45, 2.75) is 24.7 Å². The van der Waals surface area contributed by atoms with Crippen molar-refractivity contribution in [3.05, 3.63) is 24.3 Å². The van der Waals surface area contributed by atoms with Gasteiger partial charge in [0.15, 0.2) is 15.9 Å². The first-order valence-corrected chi connectivity index (χ1v) is 10.6. The SMILES string of the molecule is COc1ccccc1NC(=O)[C@@H](C)OC(=O)CS[C@@H]1CCS(=O)(=O)C1. The molecule has 2 rings (SSSR count). The topological polar surface area (TPSA) is 98.8 Å². The minimum absolute atomic E-state index is 0.0203. The van der Waals surface area contributed by atoms with Crippen LogP contribution in [0.25, 0.3) is 0 Å². The van der Waals surface area contributed by atoms with E-state index in [1.54, 1.807) is 24.3 Å². The van der Waals surface area contributed by atoms with Crippen molar-refractivity contribution in [3.8, 4) is 5.75 Å². The van der Waals surface area contributed by atoms with Crippen molar-refractivity contribution < 1.29 is 27.5 Å². The zero-order chi connectivity index (χ0) is 18.4. The minimum Gasteiger partial charge on any atom is -0.495 e. The molecule has 138 valence electrons. The molecule has 1 fully saturated rings. The first kappa shape index (κ1) is 19.6. The summed E-state index contributed by atoms with van der Waals surface area (Å²) in [5.41, 5.74) is 0.489. The molecule has 0 aromatic heterocycles. The molecule has 25 heavy (non-hydrogen) atoms. The molecule has 0 radical (unpaired) electrons. The van der Waals surface area contributed by atoms with Crippen LogP contribution in [0, 0.1) is 0 Å². The number of carbonyl (C=O) groups is 2. The van der Waals surface area contributed by atoms with Gasteiger partial charge in [-0.25, -0.2) is 8.42 Å². The number of ether oxygens (including phenoxy) is 2. The van der Waals surface area contributed by atoms with Gasteiger partial charge in [-0.2, -0.15) is 0 Å². The van der Waals surface area contributed by atoms with Gasteiger partial charge in [0.2, 0.25) is 0 Å². The third-order valence-electron chi connectivity index (χ3n) is 3.67. The second kappa shape index (κ2) is 8.57. The van der Waals surface area contributed by atoms with E-state index in [0.29, 0.717) is 17.9 Å². The van der Waals surface area contributed by atoms with Crippen LogP contribution in [0.4, 0.5) is 5.69 Å². The maximum Gasteiger partial charge on any atom is 0.316 e. The number of esters is 1. The Hall–Kier alpha value is -1.74. The fraction of sp³-hybridized carbons (Fsp3) is 0.500. The molecule has 1 amide bonds. The van der Waals surface area contributed by atoms with Gasteiger partial charge in [-0.3, -0.25) is 9.59 Å². The average molecular weight is 387 g/mol. The predicted octanol–water partition coefficient (Wildman–Crippen LogP) is 1.49. The van der Waals surface area contributed by atoms with Crippen LogP contribution in [-0.4, -0.2) is 56.0 Å². The van der Waals surface area contributed by atoms with Gasteiger partial charge in [0.25, 0.3) is 5.91 Å². The smallest absolute Gasteiger partial charge is 0.316 e. The van der Waals surface area contributed by atoms with Crippen LogP contribution < -0.4 is 10.1 Å². The number of hydrogen-bond acceptors (Lipinski definition) is 7.